The minimum atomic E-state index is -0.458. The SMILES string of the molecule is O=C(C1CCN(c2ncc(F)cn2)CC1)N1OCC[C@H]1c1cnccn1. The number of carbonyl (C=O) groups is 1. The molecule has 136 valence electrons. The second-order valence-electron chi connectivity index (χ2n) is 6.39. The third-order valence-corrected chi connectivity index (χ3v) is 4.78. The zero-order valence-electron chi connectivity index (χ0n) is 14.2. The summed E-state index contributed by atoms with van der Waals surface area (Å²) in [4.78, 5) is 36.9. The van der Waals surface area contributed by atoms with Crippen LogP contribution in [0.1, 0.15) is 31.0 Å². The van der Waals surface area contributed by atoms with Crippen molar-refractivity contribution in [1.29, 1.82) is 0 Å². The Kier molecular flexibility index (Phi) is 4.70. The zero-order chi connectivity index (χ0) is 17.9. The molecule has 0 unspecified atom stereocenters. The Morgan fingerprint density at radius 3 is 2.54 bits per heavy atom. The maximum Gasteiger partial charge on any atom is 0.250 e. The van der Waals surface area contributed by atoms with Gasteiger partial charge in [0.25, 0.3) is 0 Å². The van der Waals surface area contributed by atoms with Crippen LogP contribution in [0.2, 0.25) is 0 Å². The van der Waals surface area contributed by atoms with E-state index >= 15 is 0 Å². The van der Waals surface area contributed by atoms with Gasteiger partial charge in [-0.25, -0.2) is 19.4 Å². The van der Waals surface area contributed by atoms with Gasteiger partial charge < -0.3 is 4.90 Å². The first-order valence-corrected chi connectivity index (χ1v) is 8.67. The van der Waals surface area contributed by atoms with E-state index in [9.17, 15) is 9.18 Å². The summed E-state index contributed by atoms with van der Waals surface area (Å²) < 4.78 is 13.0. The standard InChI is InChI=1S/C17H19FN6O2/c18-13-9-21-17(22-10-13)23-6-1-12(2-7-23)16(25)24-15(3-8-26-24)14-11-19-4-5-20-14/h4-5,9-12,15H,1-3,6-8H2/t15-/m0/s1. The van der Waals surface area contributed by atoms with E-state index in [2.05, 4.69) is 19.9 Å². The van der Waals surface area contributed by atoms with E-state index in [-0.39, 0.29) is 17.9 Å². The summed E-state index contributed by atoms with van der Waals surface area (Å²) in [5, 5.41) is 1.47. The highest BCUT2D eigenvalue weighted by molar-refractivity contribution is 5.78. The molecule has 0 radical (unpaired) electrons. The smallest absolute Gasteiger partial charge is 0.250 e. The number of halogens is 1. The lowest BCUT2D eigenvalue weighted by Crippen LogP contribution is -2.42. The third kappa shape index (κ3) is 3.34. The first kappa shape index (κ1) is 16.8. The van der Waals surface area contributed by atoms with Gasteiger partial charge in [0.15, 0.2) is 5.82 Å². The lowest BCUT2D eigenvalue weighted by atomic mass is 9.95. The average molecular weight is 358 g/mol. The average Bonchev–Trinajstić information content (AvgIpc) is 3.19. The number of rotatable bonds is 3. The molecule has 2 aromatic rings. The Balaban J connectivity index is 1.39. The Morgan fingerprint density at radius 2 is 1.85 bits per heavy atom. The van der Waals surface area contributed by atoms with Crippen molar-refractivity contribution in [3.8, 4) is 0 Å². The van der Waals surface area contributed by atoms with Gasteiger partial charge in [-0.1, -0.05) is 0 Å². The summed E-state index contributed by atoms with van der Waals surface area (Å²) in [6, 6.07) is -0.185. The van der Waals surface area contributed by atoms with Gasteiger partial charge in [0, 0.05) is 37.8 Å². The minimum Gasteiger partial charge on any atom is -0.341 e. The molecule has 26 heavy (non-hydrogen) atoms. The maximum atomic E-state index is 13.0. The highest BCUT2D eigenvalue weighted by Gasteiger charge is 2.37. The molecule has 4 rings (SSSR count). The number of aromatic nitrogens is 4. The second-order valence-corrected chi connectivity index (χ2v) is 6.39. The van der Waals surface area contributed by atoms with Crippen LogP contribution in [-0.2, 0) is 9.63 Å². The molecule has 1 atom stereocenters. The molecular weight excluding hydrogens is 339 g/mol. The Hall–Kier alpha value is -2.68. The van der Waals surface area contributed by atoms with Gasteiger partial charge in [-0.2, -0.15) is 0 Å². The molecule has 0 bridgehead atoms. The van der Waals surface area contributed by atoms with Crippen LogP contribution in [0.25, 0.3) is 0 Å². The Bertz CT molecular complexity index is 752. The van der Waals surface area contributed by atoms with Crippen molar-refractivity contribution in [2.24, 2.45) is 5.92 Å². The Morgan fingerprint density at radius 1 is 1.08 bits per heavy atom. The summed E-state index contributed by atoms with van der Waals surface area (Å²) in [7, 11) is 0. The minimum absolute atomic E-state index is 0.0159. The van der Waals surface area contributed by atoms with Crippen molar-refractivity contribution < 1.29 is 14.0 Å². The summed E-state index contributed by atoms with van der Waals surface area (Å²) in [5.74, 6) is -0.103. The largest absolute Gasteiger partial charge is 0.341 e. The molecule has 2 aliphatic rings. The number of hydrogen-bond donors (Lipinski definition) is 0. The van der Waals surface area contributed by atoms with Crippen LogP contribution >= 0.6 is 0 Å². The number of hydroxylamine groups is 2. The molecule has 2 aliphatic heterocycles. The quantitative estimate of drug-likeness (QED) is 0.822. The predicted molar refractivity (Wildman–Crippen MR) is 89.1 cm³/mol. The molecule has 0 spiro atoms. The van der Waals surface area contributed by atoms with Gasteiger partial charge in [-0.3, -0.25) is 19.6 Å². The predicted octanol–water partition coefficient (Wildman–Crippen LogP) is 1.53. The molecule has 9 heteroatoms. The van der Waals surface area contributed by atoms with Crippen LogP contribution in [0, 0.1) is 11.7 Å². The van der Waals surface area contributed by atoms with Gasteiger partial charge in [-0.05, 0) is 12.8 Å². The van der Waals surface area contributed by atoms with Crippen LogP contribution in [0.3, 0.4) is 0 Å². The summed E-state index contributed by atoms with van der Waals surface area (Å²) in [6.45, 7) is 1.78. The molecule has 0 saturated carbocycles. The molecule has 0 N–H and O–H groups in total. The highest BCUT2D eigenvalue weighted by Crippen LogP contribution is 2.32. The lowest BCUT2D eigenvalue weighted by Gasteiger charge is -2.33. The van der Waals surface area contributed by atoms with Gasteiger partial charge >= 0.3 is 0 Å². The van der Waals surface area contributed by atoms with Gasteiger partial charge in [0.1, 0.15) is 6.04 Å². The first-order chi connectivity index (χ1) is 12.7. The fourth-order valence-corrected chi connectivity index (χ4v) is 3.41. The van der Waals surface area contributed by atoms with Crippen LogP contribution in [0.5, 0.6) is 0 Å². The van der Waals surface area contributed by atoms with Crippen molar-refractivity contribution in [2.45, 2.75) is 25.3 Å². The van der Waals surface area contributed by atoms with Crippen molar-refractivity contribution >= 4 is 11.9 Å². The van der Waals surface area contributed by atoms with E-state index in [1.807, 2.05) is 4.90 Å². The zero-order valence-corrected chi connectivity index (χ0v) is 14.2. The van der Waals surface area contributed by atoms with E-state index < -0.39 is 5.82 Å². The van der Waals surface area contributed by atoms with E-state index in [1.54, 1.807) is 18.6 Å². The van der Waals surface area contributed by atoms with E-state index in [0.29, 0.717) is 44.9 Å². The van der Waals surface area contributed by atoms with Crippen LogP contribution in [0.15, 0.2) is 31.0 Å². The number of carbonyl (C=O) groups excluding carboxylic acids is 1. The summed E-state index contributed by atoms with van der Waals surface area (Å²) in [5.41, 5.74) is 0.746. The second kappa shape index (κ2) is 7.28. The fourth-order valence-electron chi connectivity index (χ4n) is 3.41. The van der Waals surface area contributed by atoms with Gasteiger partial charge in [0.05, 0.1) is 30.9 Å². The van der Waals surface area contributed by atoms with E-state index in [0.717, 1.165) is 18.1 Å². The molecule has 0 aliphatic carbocycles. The van der Waals surface area contributed by atoms with Crippen molar-refractivity contribution in [1.82, 2.24) is 25.0 Å². The summed E-state index contributed by atoms with van der Waals surface area (Å²) >= 11 is 0. The first-order valence-electron chi connectivity index (χ1n) is 8.67. The summed E-state index contributed by atoms with van der Waals surface area (Å²) in [6.07, 6.45) is 9.28. The van der Waals surface area contributed by atoms with Crippen molar-refractivity contribution in [2.75, 3.05) is 24.6 Å². The van der Waals surface area contributed by atoms with Gasteiger partial charge in [0.2, 0.25) is 11.9 Å². The molecule has 0 aromatic carbocycles. The normalized spacial score (nSPS) is 21.2. The lowest BCUT2D eigenvalue weighted by molar-refractivity contribution is -0.182. The van der Waals surface area contributed by atoms with Crippen molar-refractivity contribution in [3.63, 3.8) is 0 Å². The monoisotopic (exact) mass is 358 g/mol. The number of amides is 1. The van der Waals surface area contributed by atoms with Crippen LogP contribution < -0.4 is 4.90 Å². The van der Waals surface area contributed by atoms with Crippen molar-refractivity contribution in [3.05, 3.63) is 42.5 Å². The number of hydrogen-bond acceptors (Lipinski definition) is 7. The van der Waals surface area contributed by atoms with Gasteiger partial charge in [-0.15, -0.1) is 0 Å². The van der Waals surface area contributed by atoms with Crippen LogP contribution in [-0.4, -0.2) is 50.6 Å². The molecule has 2 fully saturated rings. The Labute approximate surface area is 150 Å². The topological polar surface area (TPSA) is 84.3 Å². The van der Waals surface area contributed by atoms with E-state index in [4.69, 9.17) is 4.84 Å². The van der Waals surface area contributed by atoms with Crippen LogP contribution in [0.4, 0.5) is 10.3 Å². The molecular formula is C17H19FN6O2. The number of piperidine rings is 1. The molecule has 2 saturated heterocycles. The number of nitrogens with zero attached hydrogens (tertiary/aromatic N) is 6. The fraction of sp³-hybridized carbons (Fsp3) is 0.471. The van der Waals surface area contributed by atoms with E-state index in [1.165, 1.54) is 5.06 Å². The highest BCUT2D eigenvalue weighted by atomic mass is 19.1. The molecule has 8 nitrogen and oxygen atoms in total. The maximum absolute atomic E-state index is 13.0. The molecule has 1 amide bonds. The molecule has 2 aromatic heterocycles. The molecule has 4 heterocycles. The third-order valence-electron chi connectivity index (χ3n) is 4.78. The number of anilines is 1.